The van der Waals surface area contributed by atoms with E-state index < -0.39 is 21.3 Å². The van der Waals surface area contributed by atoms with Gasteiger partial charge in [0, 0.05) is 4.47 Å². The van der Waals surface area contributed by atoms with E-state index in [2.05, 4.69) is 15.9 Å². The van der Waals surface area contributed by atoms with Crippen molar-refractivity contribution >= 4 is 48.5 Å². The zero-order valence-electron chi connectivity index (χ0n) is 13.5. The molecule has 2 aromatic carbocycles. The Morgan fingerprint density at radius 3 is 2.04 bits per heavy atom. The van der Waals surface area contributed by atoms with Gasteiger partial charge in [-0.1, -0.05) is 34.1 Å². The molecule has 0 aliphatic heterocycles. The van der Waals surface area contributed by atoms with Crippen LogP contribution < -0.4 is 4.31 Å². The van der Waals surface area contributed by atoms with Crippen LogP contribution in [-0.4, -0.2) is 19.7 Å². The smallest absolute Gasteiger partial charge is 0.265 e. The first kappa shape index (κ1) is 19.0. The van der Waals surface area contributed by atoms with Gasteiger partial charge in [0.2, 0.25) is 5.24 Å². The molecule has 0 fully saturated rings. The Hall–Kier alpha value is -1.37. The predicted molar refractivity (Wildman–Crippen MR) is 100 cm³/mol. The van der Waals surface area contributed by atoms with Crippen molar-refractivity contribution < 1.29 is 13.2 Å². The maximum Gasteiger partial charge on any atom is 0.265 e. The van der Waals surface area contributed by atoms with Crippen molar-refractivity contribution in [2.75, 3.05) is 4.31 Å². The van der Waals surface area contributed by atoms with Crippen molar-refractivity contribution in [3.63, 3.8) is 0 Å². The number of sulfonamides is 1. The first-order valence-corrected chi connectivity index (χ1v) is 9.83. The van der Waals surface area contributed by atoms with Gasteiger partial charge in [-0.15, -0.1) is 0 Å². The number of halogens is 2. The van der Waals surface area contributed by atoms with E-state index in [0.29, 0.717) is 5.69 Å². The first-order valence-electron chi connectivity index (χ1n) is 7.22. The Morgan fingerprint density at radius 2 is 1.58 bits per heavy atom. The van der Waals surface area contributed by atoms with Crippen molar-refractivity contribution in [2.45, 2.75) is 31.7 Å². The van der Waals surface area contributed by atoms with Crippen LogP contribution in [-0.2, 0) is 14.8 Å². The lowest BCUT2D eigenvalue weighted by Crippen LogP contribution is -2.42. The number of carbonyl (C=O) groups excluding carboxylic acids is 1. The minimum absolute atomic E-state index is 0.0955. The molecule has 128 valence electrons. The van der Waals surface area contributed by atoms with Crippen LogP contribution in [0.5, 0.6) is 0 Å². The minimum atomic E-state index is -3.95. The Labute approximate surface area is 155 Å². The summed E-state index contributed by atoms with van der Waals surface area (Å²) in [5.41, 5.74) is 1.97. The summed E-state index contributed by atoms with van der Waals surface area (Å²) in [6, 6.07) is 10.7. The molecule has 2 rings (SSSR count). The third-order valence-electron chi connectivity index (χ3n) is 3.71. The van der Waals surface area contributed by atoms with Crippen LogP contribution in [0.3, 0.4) is 0 Å². The van der Waals surface area contributed by atoms with Crippen LogP contribution in [0.15, 0.2) is 51.8 Å². The standard InChI is InChI=1S/C17H17BrClNO3S/c1-11-5-4-6-12(2)16(11)20(13(3)17(19)21)24(22,23)15-9-7-14(18)8-10-15/h4-10,13H,1-3H3. The van der Waals surface area contributed by atoms with Crippen molar-refractivity contribution in [3.8, 4) is 0 Å². The lowest BCUT2D eigenvalue weighted by molar-refractivity contribution is -0.112. The highest BCUT2D eigenvalue weighted by Crippen LogP contribution is 2.33. The van der Waals surface area contributed by atoms with Gasteiger partial charge in [0.25, 0.3) is 10.0 Å². The van der Waals surface area contributed by atoms with E-state index >= 15 is 0 Å². The molecule has 24 heavy (non-hydrogen) atoms. The average molecular weight is 431 g/mol. The van der Waals surface area contributed by atoms with E-state index in [9.17, 15) is 13.2 Å². The van der Waals surface area contributed by atoms with Crippen LogP contribution >= 0.6 is 27.5 Å². The number of carbonyl (C=O) groups is 1. The number of nitrogens with zero attached hydrogens (tertiary/aromatic N) is 1. The van der Waals surface area contributed by atoms with Gasteiger partial charge in [0.15, 0.2) is 0 Å². The van der Waals surface area contributed by atoms with Gasteiger partial charge < -0.3 is 0 Å². The molecule has 0 aromatic heterocycles. The molecule has 0 radical (unpaired) electrons. The molecule has 0 saturated heterocycles. The molecule has 1 unspecified atom stereocenters. The Bertz CT molecular complexity index is 846. The molecule has 2 aromatic rings. The normalized spacial score (nSPS) is 12.7. The van der Waals surface area contributed by atoms with Gasteiger partial charge in [-0.05, 0) is 67.8 Å². The fourth-order valence-electron chi connectivity index (χ4n) is 2.49. The van der Waals surface area contributed by atoms with E-state index in [-0.39, 0.29) is 4.90 Å². The Kier molecular flexibility index (Phi) is 5.73. The van der Waals surface area contributed by atoms with E-state index in [1.165, 1.54) is 19.1 Å². The molecule has 0 amide bonds. The Morgan fingerprint density at radius 1 is 1.08 bits per heavy atom. The van der Waals surface area contributed by atoms with Gasteiger partial charge in [-0.2, -0.15) is 0 Å². The van der Waals surface area contributed by atoms with Gasteiger partial charge in [-0.3, -0.25) is 9.10 Å². The topological polar surface area (TPSA) is 54.5 Å². The SMILES string of the molecule is Cc1cccc(C)c1N(C(C)C(=O)Cl)S(=O)(=O)c1ccc(Br)cc1. The quantitative estimate of drug-likeness (QED) is 0.660. The molecule has 0 saturated carbocycles. The maximum absolute atomic E-state index is 13.2. The minimum Gasteiger partial charge on any atom is -0.279 e. The zero-order chi connectivity index (χ0) is 18.1. The monoisotopic (exact) mass is 429 g/mol. The average Bonchev–Trinajstić information content (AvgIpc) is 2.50. The van der Waals surface area contributed by atoms with Crippen molar-refractivity contribution in [1.82, 2.24) is 0 Å². The second-order valence-electron chi connectivity index (χ2n) is 5.48. The second-order valence-corrected chi connectivity index (χ2v) is 8.58. The molecule has 0 spiro atoms. The highest BCUT2D eigenvalue weighted by atomic mass is 79.9. The fourth-order valence-corrected chi connectivity index (χ4v) is 4.65. The molecule has 0 heterocycles. The van der Waals surface area contributed by atoms with E-state index in [0.717, 1.165) is 19.9 Å². The van der Waals surface area contributed by atoms with Crippen molar-refractivity contribution in [3.05, 3.63) is 58.1 Å². The number of rotatable bonds is 5. The number of hydrogen-bond acceptors (Lipinski definition) is 3. The number of benzene rings is 2. The van der Waals surface area contributed by atoms with Crippen LogP contribution in [0.4, 0.5) is 5.69 Å². The number of para-hydroxylation sites is 1. The van der Waals surface area contributed by atoms with Crippen LogP contribution in [0.25, 0.3) is 0 Å². The maximum atomic E-state index is 13.2. The zero-order valence-corrected chi connectivity index (χ0v) is 16.6. The van der Waals surface area contributed by atoms with Crippen molar-refractivity contribution in [1.29, 1.82) is 0 Å². The lowest BCUT2D eigenvalue weighted by atomic mass is 10.1. The van der Waals surface area contributed by atoms with E-state index in [1.807, 2.05) is 6.07 Å². The van der Waals surface area contributed by atoms with E-state index in [1.54, 1.807) is 38.1 Å². The Balaban J connectivity index is 2.71. The van der Waals surface area contributed by atoms with Gasteiger partial charge in [0.1, 0.15) is 6.04 Å². The molecule has 0 aliphatic rings. The van der Waals surface area contributed by atoms with Gasteiger partial charge >= 0.3 is 0 Å². The summed E-state index contributed by atoms with van der Waals surface area (Å²) in [6.45, 7) is 5.09. The van der Waals surface area contributed by atoms with Crippen molar-refractivity contribution in [2.24, 2.45) is 0 Å². The number of anilines is 1. The summed E-state index contributed by atoms with van der Waals surface area (Å²) in [5.74, 6) is 0. The summed E-state index contributed by atoms with van der Waals surface area (Å²) in [7, 11) is -3.95. The molecular weight excluding hydrogens is 414 g/mol. The molecule has 0 aliphatic carbocycles. The van der Waals surface area contributed by atoms with Crippen LogP contribution in [0.1, 0.15) is 18.1 Å². The van der Waals surface area contributed by atoms with Gasteiger partial charge in [-0.25, -0.2) is 8.42 Å². The summed E-state index contributed by atoms with van der Waals surface area (Å²) in [4.78, 5) is 11.9. The summed E-state index contributed by atoms with van der Waals surface area (Å²) in [6.07, 6.45) is 0. The number of hydrogen-bond donors (Lipinski definition) is 0. The molecule has 0 N–H and O–H groups in total. The van der Waals surface area contributed by atoms with Gasteiger partial charge in [0.05, 0.1) is 10.6 Å². The van der Waals surface area contributed by atoms with E-state index in [4.69, 9.17) is 11.6 Å². The summed E-state index contributed by atoms with van der Waals surface area (Å²) >= 11 is 8.93. The molecule has 1 atom stereocenters. The molecule has 7 heteroatoms. The largest absolute Gasteiger partial charge is 0.279 e. The molecular formula is C17H17BrClNO3S. The van der Waals surface area contributed by atoms with Crippen LogP contribution in [0, 0.1) is 13.8 Å². The summed E-state index contributed by atoms with van der Waals surface area (Å²) in [5, 5.41) is -0.738. The predicted octanol–water partition coefficient (Wildman–Crippen LogP) is 4.42. The third kappa shape index (κ3) is 3.66. The highest BCUT2D eigenvalue weighted by Gasteiger charge is 2.34. The second kappa shape index (κ2) is 7.25. The third-order valence-corrected chi connectivity index (χ3v) is 6.44. The lowest BCUT2D eigenvalue weighted by Gasteiger charge is -2.31. The number of aryl methyl sites for hydroxylation is 2. The highest BCUT2D eigenvalue weighted by molar-refractivity contribution is 9.10. The first-order chi connectivity index (χ1) is 11.2. The van der Waals surface area contributed by atoms with Crippen LogP contribution in [0.2, 0.25) is 0 Å². The summed E-state index contributed by atoms with van der Waals surface area (Å²) < 4.78 is 28.3. The molecule has 0 bridgehead atoms. The molecule has 4 nitrogen and oxygen atoms in total. The fraction of sp³-hybridized carbons (Fsp3) is 0.235.